The molecule has 4 nitrogen and oxygen atoms in total. The summed E-state index contributed by atoms with van der Waals surface area (Å²) in [6, 6.07) is 9.99. The lowest BCUT2D eigenvalue weighted by Crippen LogP contribution is -2.22. The summed E-state index contributed by atoms with van der Waals surface area (Å²) in [5.74, 6) is 1.48. The van der Waals surface area contributed by atoms with E-state index in [4.69, 9.17) is 11.6 Å². The molecule has 25 heavy (non-hydrogen) atoms. The highest BCUT2D eigenvalue weighted by atomic mass is 35.5. The van der Waals surface area contributed by atoms with Crippen molar-refractivity contribution in [3.8, 4) is 5.88 Å². The van der Waals surface area contributed by atoms with E-state index in [0.717, 1.165) is 22.6 Å². The van der Waals surface area contributed by atoms with Crippen molar-refractivity contribution in [1.29, 1.82) is 0 Å². The van der Waals surface area contributed by atoms with Gasteiger partial charge in [0.05, 0.1) is 17.2 Å². The van der Waals surface area contributed by atoms with Crippen molar-refractivity contribution in [2.45, 2.75) is 13.0 Å². The Hall–Kier alpha value is -2.05. The maximum atomic E-state index is 13.8. The van der Waals surface area contributed by atoms with Crippen molar-refractivity contribution in [2.75, 3.05) is 11.5 Å². The fourth-order valence-electron chi connectivity index (χ4n) is 2.89. The normalized spacial score (nSPS) is 15.2. The van der Waals surface area contributed by atoms with Crippen LogP contribution in [0.15, 0.2) is 46.6 Å². The fraction of sp³-hybridized carbons (Fsp3) is 0.222. The van der Waals surface area contributed by atoms with Crippen molar-refractivity contribution in [2.24, 2.45) is 10.2 Å². The standard InChI is InChI=1S/C18H15ClFN3OS/c1-10-2-3-11(19)6-15(10)21-22-17-14-7-12(20)4-5-16(14)23(18(17)24)13-8-25-9-13/h2-7,13,24H,8-9H2,1H3. The summed E-state index contributed by atoms with van der Waals surface area (Å²) >= 11 is 7.82. The number of fused-ring (bicyclic) bond motifs is 1. The quantitative estimate of drug-likeness (QED) is 0.558. The van der Waals surface area contributed by atoms with Crippen molar-refractivity contribution >= 4 is 45.6 Å². The third-order valence-electron chi connectivity index (χ3n) is 4.33. The summed E-state index contributed by atoms with van der Waals surface area (Å²) in [6.45, 7) is 1.90. The van der Waals surface area contributed by atoms with Gasteiger partial charge in [-0.3, -0.25) is 0 Å². The van der Waals surface area contributed by atoms with Gasteiger partial charge in [-0.1, -0.05) is 17.7 Å². The number of aryl methyl sites for hydroxylation is 1. The zero-order valence-corrected chi connectivity index (χ0v) is 15.0. The van der Waals surface area contributed by atoms with E-state index in [0.29, 0.717) is 16.1 Å². The minimum Gasteiger partial charge on any atom is -0.493 e. The Labute approximate surface area is 153 Å². The predicted molar refractivity (Wildman–Crippen MR) is 100 cm³/mol. The summed E-state index contributed by atoms with van der Waals surface area (Å²) in [6.07, 6.45) is 0. The number of nitrogens with zero attached hydrogens (tertiary/aromatic N) is 3. The Balaban J connectivity index is 1.86. The summed E-state index contributed by atoms with van der Waals surface area (Å²) in [7, 11) is 0. The van der Waals surface area contributed by atoms with E-state index in [1.54, 1.807) is 18.2 Å². The van der Waals surface area contributed by atoms with E-state index >= 15 is 0 Å². The van der Waals surface area contributed by atoms with Crippen LogP contribution < -0.4 is 0 Å². The largest absolute Gasteiger partial charge is 0.493 e. The van der Waals surface area contributed by atoms with Crippen LogP contribution in [0.5, 0.6) is 5.88 Å². The molecule has 3 aromatic rings. The van der Waals surface area contributed by atoms with Crippen LogP contribution in [-0.4, -0.2) is 21.2 Å². The van der Waals surface area contributed by atoms with Crippen LogP contribution in [0.1, 0.15) is 11.6 Å². The molecule has 2 aromatic carbocycles. The van der Waals surface area contributed by atoms with E-state index in [-0.39, 0.29) is 23.4 Å². The van der Waals surface area contributed by atoms with E-state index < -0.39 is 0 Å². The maximum absolute atomic E-state index is 13.8. The number of hydrogen-bond acceptors (Lipinski definition) is 4. The summed E-state index contributed by atoms with van der Waals surface area (Å²) in [5, 5.41) is 20.3. The van der Waals surface area contributed by atoms with E-state index in [1.165, 1.54) is 12.1 Å². The van der Waals surface area contributed by atoms with Gasteiger partial charge in [-0.2, -0.15) is 16.9 Å². The number of azo groups is 1. The molecule has 0 amide bonds. The summed E-state index contributed by atoms with van der Waals surface area (Å²) in [4.78, 5) is 0. The monoisotopic (exact) mass is 375 g/mol. The number of aromatic nitrogens is 1. The molecule has 4 rings (SSSR count). The van der Waals surface area contributed by atoms with Gasteiger partial charge in [0.25, 0.3) is 0 Å². The molecule has 0 atom stereocenters. The first-order chi connectivity index (χ1) is 12.0. The first-order valence-electron chi connectivity index (χ1n) is 7.82. The zero-order chi connectivity index (χ0) is 17.6. The van der Waals surface area contributed by atoms with Gasteiger partial charge >= 0.3 is 0 Å². The number of benzene rings is 2. The highest BCUT2D eigenvalue weighted by Crippen LogP contribution is 2.45. The predicted octanol–water partition coefficient (Wildman–Crippen LogP) is 6.15. The third-order valence-corrected chi connectivity index (χ3v) is 5.80. The molecule has 0 aliphatic carbocycles. The second-order valence-electron chi connectivity index (χ2n) is 6.03. The Kier molecular flexibility index (Phi) is 4.17. The van der Waals surface area contributed by atoms with E-state index in [1.807, 2.05) is 29.3 Å². The van der Waals surface area contributed by atoms with Crippen molar-refractivity contribution < 1.29 is 9.50 Å². The molecule has 0 radical (unpaired) electrons. The Morgan fingerprint density at radius 2 is 2.00 bits per heavy atom. The number of aromatic hydroxyl groups is 1. The lowest BCUT2D eigenvalue weighted by atomic mass is 10.2. The molecule has 1 aliphatic heterocycles. The molecule has 1 saturated heterocycles. The Morgan fingerprint density at radius 3 is 2.72 bits per heavy atom. The highest BCUT2D eigenvalue weighted by Gasteiger charge is 2.27. The van der Waals surface area contributed by atoms with Crippen LogP contribution in [0.3, 0.4) is 0 Å². The topological polar surface area (TPSA) is 49.9 Å². The third kappa shape index (κ3) is 2.89. The van der Waals surface area contributed by atoms with Gasteiger partial charge in [-0.05, 0) is 42.8 Å². The molecule has 7 heteroatoms. The Bertz CT molecular complexity index is 998. The molecule has 1 N–H and O–H groups in total. The maximum Gasteiger partial charge on any atom is 0.221 e. The van der Waals surface area contributed by atoms with Gasteiger partial charge < -0.3 is 9.67 Å². The smallest absolute Gasteiger partial charge is 0.221 e. The second kappa shape index (κ2) is 6.35. The van der Waals surface area contributed by atoms with Crippen LogP contribution >= 0.6 is 23.4 Å². The molecule has 1 fully saturated rings. The van der Waals surface area contributed by atoms with Gasteiger partial charge in [-0.15, -0.1) is 5.11 Å². The van der Waals surface area contributed by atoms with Gasteiger partial charge in [0, 0.05) is 21.9 Å². The van der Waals surface area contributed by atoms with Gasteiger partial charge in [0.15, 0.2) is 5.69 Å². The molecular weight excluding hydrogens is 361 g/mol. The number of halogens is 2. The van der Waals surface area contributed by atoms with Crippen LogP contribution in [-0.2, 0) is 0 Å². The summed E-state index contributed by atoms with van der Waals surface area (Å²) in [5.41, 5.74) is 2.58. The molecule has 2 heterocycles. The molecule has 0 unspecified atom stereocenters. The number of rotatable bonds is 3. The molecular formula is C18H15ClFN3OS. The van der Waals surface area contributed by atoms with Crippen LogP contribution in [0.4, 0.5) is 15.8 Å². The van der Waals surface area contributed by atoms with Crippen LogP contribution in [0, 0.1) is 12.7 Å². The lowest BCUT2D eigenvalue weighted by molar-refractivity contribution is 0.406. The average Bonchev–Trinajstić information content (AvgIpc) is 2.79. The lowest BCUT2D eigenvalue weighted by Gasteiger charge is -2.27. The molecule has 0 saturated carbocycles. The second-order valence-corrected chi connectivity index (χ2v) is 7.54. The molecule has 1 aliphatic rings. The summed E-state index contributed by atoms with van der Waals surface area (Å²) < 4.78 is 15.6. The molecule has 0 bridgehead atoms. The number of thioether (sulfide) groups is 1. The van der Waals surface area contributed by atoms with Crippen LogP contribution in [0.2, 0.25) is 5.02 Å². The molecule has 0 spiro atoms. The average molecular weight is 376 g/mol. The van der Waals surface area contributed by atoms with Gasteiger partial charge in [-0.25, -0.2) is 4.39 Å². The fourth-order valence-corrected chi connectivity index (χ4v) is 3.80. The van der Waals surface area contributed by atoms with Crippen molar-refractivity contribution in [3.05, 3.63) is 52.8 Å². The van der Waals surface area contributed by atoms with E-state index in [2.05, 4.69) is 10.2 Å². The first kappa shape index (κ1) is 16.4. The van der Waals surface area contributed by atoms with Gasteiger partial charge in [0.2, 0.25) is 5.88 Å². The minimum absolute atomic E-state index is 0.0225. The highest BCUT2D eigenvalue weighted by molar-refractivity contribution is 8.00. The number of hydrogen-bond donors (Lipinski definition) is 1. The first-order valence-corrected chi connectivity index (χ1v) is 9.36. The minimum atomic E-state index is -0.372. The molecule has 128 valence electrons. The SMILES string of the molecule is Cc1ccc(Cl)cc1N=Nc1c(O)n(C2CSC2)c2ccc(F)cc12. The van der Waals surface area contributed by atoms with Crippen molar-refractivity contribution in [3.63, 3.8) is 0 Å². The Morgan fingerprint density at radius 1 is 1.20 bits per heavy atom. The van der Waals surface area contributed by atoms with E-state index in [9.17, 15) is 9.50 Å². The van der Waals surface area contributed by atoms with Gasteiger partial charge in [0.1, 0.15) is 5.82 Å². The molecule has 1 aromatic heterocycles. The van der Waals surface area contributed by atoms with Crippen LogP contribution in [0.25, 0.3) is 10.9 Å². The zero-order valence-electron chi connectivity index (χ0n) is 13.4. The van der Waals surface area contributed by atoms with Crippen molar-refractivity contribution in [1.82, 2.24) is 4.57 Å².